The molecule has 0 aliphatic carbocycles. The molecule has 1 saturated heterocycles. The maximum Gasteiger partial charge on any atom is 0.0931 e. The predicted octanol–water partition coefficient (Wildman–Crippen LogP) is 4.30. The molecule has 1 aromatic rings. The van der Waals surface area contributed by atoms with Crippen molar-refractivity contribution in [2.75, 3.05) is 13.1 Å². The van der Waals surface area contributed by atoms with E-state index in [1.807, 2.05) is 6.07 Å². The lowest BCUT2D eigenvalue weighted by Crippen LogP contribution is -2.39. The summed E-state index contributed by atoms with van der Waals surface area (Å²) in [6, 6.07) is 4.70. The zero-order chi connectivity index (χ0) is 13.8. The van der Waals surface area contributed by atoms with Crippen molar-refractivity contribution in [3.63, 3.8) is 0 Å². The summed E-state index contributed by atoms with van der Waals surface area (Å²) in [6.07, 6.45) is 4.96. The van der Waals surface area contributed by atoms with Crippen molar-refractivity contribution in [2.24, 2.45) is 11.7 Å². The van der Waals surface area contributed by atoms with Crippen LogP contribution in [0.25, 0.3) is 0 Å². The van der Waals surface area contributed by atoms with Crippen LogP contribution in [0.4, 0.5) is 0 Å². The van der Waals surface area contributed by atoms with Gasteiger partial charge in [0.05, 0.1) is 10.4 Å². The van der Waals surface area contributed by atoms with Gasteiger partial charge in [-0.2, -0.15) is 0 Å². The third-order valence-corrected chi connectivity index (χ3v) is 5.47. The van der Waals surface area contributed by atoms with Gasteiger partial charge in [0.15, 0.2) is 0 Å². The van der Waals surface area contributed by atoms with E-state index in [0.29, 0.717) is 6.04 Å². The molecule has 0 saturated carbocycles. The van der Waals surface area contributed by atoms with Crippen LogP contribution in [0.3, 0.4) is 0 Å². The first-order chi connectivity index (χ1) is 9.15. The number of hydrogen-bond acceptors (Lipinski definition) is 3. The largest absolute Gasteiger partial charge is 0.326 e. The lowest BCUT2D eigenvalue weighted by atomic mass is 10.0. The lowest BCUT2D eigenvalue weighted by molar-refractivity contribution is 0.204. The Morgan fingerprint density at radius 2 is 2.26 bits per heavy atom. The second-order valence-electron chi connectivity index (χ2n) is 5.60. The molecule has 2 heterocycles. The van der Waals surface area contributed by atoms with Gasteiger partial charge in [-0.05, 0) is 43.9 Å². The van der Waals surface area contributed by atoms with Crippen molar-refractivity contribution in [1.82, 2.24) is 4.90 Å². The fraction of sp³-hybridized carbons (Fsp3) is 0.733. The second kappa shape index (κ2) is 7.07. The van der Waals surface area contributed by atoms with Crippen molar-refractivity contribution in [3.05, 3.63) is 21.3 Å². The molecule has 0 radical (unpaired) electrons. The fourth-order valence-electron chi connectivity index (χ4n) is 3.13. The summed E-state index contributed by atoms with van der Waals surface area (Å²) < 4.78 is 0.868. The highest BCUT2D eigenvalue weighted by atomic mass is 35.5. The highest BCUT2D eigenvalue weighted by molar-refractivity contribution is 7.16. The maximum atomic E-state index is 6.38. The van der Waals surface area contributed by atoms with Gasteiger partial charge in [-0.3, -0.25) is 4.90 Å². The predicted molar refractivity (Wildman–Crippen MR) is 84.9 cm³/mol. The quantitative estimate of drug-likeness (QED) is 0.848. The maximum absolute atomic E-state index is 6.38. The zero-order valence-corrected chi connectivity index (χ0v) is 13.5. The number of likely N-dealkylation sites (tertiary alicyclic amines) is 1. The molecule has 108 valence electrons. The van der Waals surface area contributed by atoms with Crippen LogP contribution in [0, 0.1) is 5.92 Å². The van der Waals surface area contributed by atoms with E-state index in [0.717, 1.165) is 16.7 Å². The summed E-state index contributed by atoms with van der Waals surface area (Å²) in [4.78, 5) is 3.91. The molecule has 0 bridgehead atoms. The van der Waals surface area contributed by atoms with E-state index in [2.05, 4.69) is 24.8 Å². The summed E-state index contributed by atoms with van der Waals surface area (Å²) in [5, 5.41) is 0. The fourth-order valence-corrected chi connectivity index (χ4v) is 4.40. The molecule has 1 fully saturated rings. The molecule has 2 nitrogen and oxygen atoms in total. The van der Waals surface area contributed by atoms with Crippen LogP contribution in [0.15, 0.2) is 12.1 Å². The Bertz CT molecular complexity index is 393. The number of nitrogens with two attached hydrogens (primary N) is 1. The van der Waals surface area contributed by atoms with Gasteiger partial charge < -0.3 is 5.73 Å². The first-order valence-corrected chi connectivity index (χ1v) is 8.60. The molecule has 4 heteroatoms. The number of nitrogens with zero attached hydrogens (tertiary/aromatic N) is 1. The Kier molecular flexibility index (Phi) is 5.70. The Balaban J connectivity index is 2.11. The zero-order valence-electron chi connectivity index (χ0n) is 11.9. The van der Waals surface area contributed by atoms with Gasteiger partial charge in [-0.25, -0.2) is 0 Å². The Morgan fingerprint density at radius 3 is 2.84 bits per heavy atom. The smallest absolute Gasteiger partial charge is 0.0931 e. The third kappa shape index (κ3) is 3.72. The van der Waals surface area contributed by atoms with Gasteiger partial charge >= 0.3 is 0 Å². The molecule has 19 heavy (non-hydrogen) atoms. The third-order valence-electron chi connectivity index (χ3n) is 4.17. The van der Waals surface area contributed by atoms with Gasteiger partial charge in [0.2, 0.25) is 0 Å². The minimum absolute atomic E-state index is 0.204. The molecule has 0 aromatic carbocycles. The molecule has 1 aliphatic rings. The Labute approximate surface area is 125 Å². The van der Waals surface area contributed by atoms with Crippen LogP contribution in [0.5, 0.6) is 0 Å². The van der Waals surface area contributed by atoms with E-state index in [1.165, 1.54) is 37.2 Å². The molecule has 0 spiro atoms. The average Bonchev–Trinajstić information content (AvgIpc) is 3.00. The van der Waals surface area contributed by atoms with Crippen molar-refractivity contribution in [3.8, 4) is 0 Å². The summed E-state index contributed by atoms with van der Waals surface area (Å²) in [7, 11) is 0. The summed E-state index contributed by atoms with van der Waals surface area (Å²) in [5.74, 6) is 0.854. The van der Waals surface area contributed by atoms with Crippen molar-refractivity contribution in [1.29, 1.82) is 0 Å². The molecular weight excluding hydrogens is 276 g/mol. The van der Waals surface area contributed by atoms with Crippen LogP contribution in [0.1, 0.15) is 50.4 Å². The van der Waals surface area contributed by atoms with Crippen molar-refractivity contribution >= 4 is 22.9 Å². The summed E-state index contributed by atoms with van der Waals surface area (Å²) >= 11 is 7.78. The summed E-state index contributed by atoms with van der Waals surface area (Å²) in [6.45, 7) is 6.82. The van der Waals surface area contributed by atoms with E-state index in [4.69, 9.17) is 17.3 Å². The molecule has 3 atom stereocenters. The van der Waals surface area contributed by atoms with E-state index in [9.17, 15) is 0 Å². The normalized spacial score (nSPS) is 23.7. The highest BCUT2D eigenvalue weighted by Gasteiger charge is 2.32. The van der Waals surface area contributed by atoms with Crippen LogP contribution in [0.2, 0.25) is 4.34 Å². The van der Waals surface area contributed by atoms with Crippen LogP contribution in [-0.4, -0.2) is 24.0 Å². The molecule has 1 aromatic heterocycles. The minimum Gasteiger partial charge on any atom is -0.326 e. The second-order valence-corrected chi connectivity index (χ2v) is 7.34. The number of halogens is 1. The number of hydrogen-bond donors (Lipinski definition) is 1. The first kappa shape index (κ1) is 15.3. The van der Waals surface area contributed by atoms with Gasteiger partial charge in [0.25, 0.3) is 0 Å². The molecule has 3 unspecified atom stereocenters. The van der Waals surface area contributed by atoms with E-state index in [-0.39, 0.29) is 6.04 Å². The van der Waals surface area contributed by atoms with E-state index >= 15 is 0 Å². The molecular formula is C15H25ClN2S. The van der Waals surface area contributed by atoms with Crippen molar-refractivity contribution < 1.29 is 0 Å². The van der Waals surface area contributed by atoms with Gasteiger partial charge in [-0.1, -0.05) is 31.9 Å². The van der Waals surface area contributed by atoms with Crippen LogP contribution >= 0.6 is 22.9 Å². The Hall–Kier alpha value is -0.0900. The van der Waals surface area contributed by atoms with Crippen molar-refractivity contribution in [2.45, 2.75) is 51.6 Å². The summed E-state index contributed by atoms with van der Waals surface area (Å²) in [5.41, 5.74) is 6.38. The lowest BCUT2D eigenvalue weighted by Gasteiger charge is -2.31. The van der Waals surface area contributed by atoms with E-state index in [1.54, 1.807) is 11.3 Å². The molecule has 2 N–H and O–H groups in total. The monoisotopic (exact) mass is 300 g/mol. The van der Waals surface area contributed by atoms with Crippen LogP contribution < -0.4 is 5.73 Å². The molecule has 2 rings (SSSR count). The Morgan fingerprint density at radius 1 is 1.47 bits per heavy atom. The van der Waals surface area contributed by atoms with E-state index < -0.39 is 0 Å². The van der Waals surface area contributed by atoms with Gasteiger partial charge in [0, 0.05) is 17.5 Å². The SMILES string of the molecule is CCCC1CCN(C(c2ccc(Cl)s2)C(N)CC)C1. The molecule has 1 aliphatic heterocycles. The number of thiophene rings is 1. The topological polar surface area (TPSA) is 29.3 Å². The number of rotatable bonds is 6. The molecule has 0 amide bonds. The first-order valence-electron chi connectivity index (χ1n) is 7.40. The average molecular weight is 301 g/mol. The van der Waals surface area contributed by atoms with Crippen LogP contribution in [-0.2, 0) is 0 Å². The highest BCUT2D eigenvalue weighted by Crippen LogP contribution is 2.36. The minimum atomic E-state index is 0.204. The van der Waals surface area contributed by atoms with Gasteiger partial charge in [-0.15, -0.1) is 11.3 Å². The van der Waals surface area contributed by atoms with Gasteiger partial charge in [0.1, 0.15) is 0 Å². The standard InChI is InChI=1S/C15H25ClN2S/c1-3-5-11-8-9-18(10-11)15(12(17)4-2)13-6-7-14(16)19-13/h6-7,11-12,15H,3-5,8-10,17H2,1-2H3.